The van der Waals surface area contributed by atoms with Gasteiger partial charge in [-0.2, -0.15) is 5.10 Å². The summed E-state index contributed by atoms with van der Waals surface area (Å²) in [6.45, 7) is 5.03. The molecule has 0 amide bonds. The van der Waals surface area contributed by atoms with Crippen LogP contribution in [0.3, 0.4) is 0 Å². The summed E-state index contributed by atoms with van der Waals surface area (Å²) in [5.41, 5.74) is 1.66. The number of carboxylic acid groups (broad SMARTS) is 1. The highest BCUT2D eigenvalue weighted by Gasteiger charge is 2.24. The second-order valence-corrected chi connectivity index (χ2v) is 7.52. The zero-order valence-corrected chi connectivity index (χ0v) is 13.6. The molecule has 2 rings (SSSR count). The second-order valence-electron chi connectivity index (χ2n) is 4.61. The van der Waals surface area contributed by atoms with Crippen LogP contribution in [-0.2, 0) is 17.1 Å². The predicted octanol–water partition coefficient (Wildman–Crippen LogP) is 1.91. The molecule has 21 heavy (non-hydrogen) atoms. The molecule has 0 aliphatic rings. The van der Waals surface area contributed by atoms with Crippen molar-refractivity contribution in [2.75, 3.05) is 4.72 Å². The minimum atomic E-state index is -3.84. The third-order valence-electron chi connectivity index (χ3n) is 3.12. The summed E-state index contributed by atoms with van der Waals surface area (Å²) in [7, 11) is -2.12. The summed E-state index contributed by atoms with van der Waals surface area (Å²) in [6, 6.07) is 1.17. The van der Waals surface area contributed by atoms with Crippen LogP contribution < -0.4 is 4.72 Å². The van der Waals surface area contributed by atoms with E-state index in [9.17, 15) is 13.2 Å². The Morgan fingerprint density at radius 3 is 2.43 bits per heavy atom. The molecule has 2 aromatic heterocycles. The summed E-state index contributed by atoms with van der Waals surface area (Å²) >= 11 is 0.934. The molecule has 0 unspecified atom stereocenters. The van der Waals surface area contributed by atoms with Gasteiger partial charge in [0.05, 0.1) is 17.1 Å². The van der Waals surface area contributed by atoms with Crippen molar-refractivity contribution in [3.8, 4) is 0 Å². The lowest BCUT2D eigenvalue weighted by atomic mass is 10.3. The van der Waals surface area contributed by atoms with Gasteiger partial charge in [0.1, 0.15) is 9.77 Å². The summed E-state index contributed by atoms with van der Waals surface area (Å²) in [6.07, 6.45) is 0. The van der Waals surface area contributed by atoms with Crippen LogP contribution in [0, 0.1) is 20.8 Å². The number of hydrogen-bond donors (Lipinski definition) is 2. The highest BCUT2D eigenvalue weighted by Crippen LogP contribution is 2.29. The van der Waals surface area contributed by atoms with Crippen molar-refractivity contribution in [3.63, 3.8) is 0 Å². The molecule has 0 radical (unpaired) electrons. The highest BCUT2D eigenvalue weighted by molar-refractivity contribution is 7.93. The van der Waals surface area contributed by atoms with Gasteiger partial charge < -0.3 is 5.11 Å². The number of carbonyl (C=O) groups is 1. The highest BCUT2D eigenvalue weighted by atomic mass is 32.2. The molecule has 0 aliphatic carbocycles. The Bertz CT molecular complexity index is 818. The SMILES string of the molecule is Cc1nn(C)c(C)c1NS(=O)(=O)c1cc(C(=O)O)sc1C. The van der Waals surface area contributed by atoms with Crippen LogP contribution in [-0.4, -0.2) is 29.3 Å². The smallest absolute Gasteiger partial charge is 0.345 e. The Balaban J connectivity index is 2.46. The lowest BCUT2D eigenvalue weighted by Gasteiger charge is -2.07. The number of sulfonamides is 1. The number of nitrogens with zero attached hydrogens (tertiary/aromatic N) is 2. The third-order valence-corrected chi connectivity index (χ3v) is 5.76. The molecule has 0 atom stereocenters. The molecule has 2 aromatic rings. The Morgan fingerprint density at radius 1 is 1.38 bits per heavy atom. The summed E-state index contributed by atoms with van der Waals surface area (Å²) < 4.78 is 28.9. The number of aromatic nitrogens is 2. The first-order valence-corrected chi connectivity index (χ1v) is 8.30. The van der Waals surface area contributed by atoms with Gasteiger partial charge in [0.25, 0.3) is 10.0 Å². The maximum atomic E-state index is 12.4. The molecule has 0 aromatic carbocycles. The van der Waals surface area contributed by atoms with Crippen LogP contribution in [0.1, 0.15) is 25.9 Å². The van der Waals surface area contributed by atoms with Gasteiger partial charge in [-0.1, -0.05) is 0 Å². The number of rotatable bonds is 4. The van der Waals surface area contributed by atoms with Gasteiger partial charge in [-0.3, -0.25) is 9.40 Å². The zero-order valence-electron chi connectivity index (χ0n) is 12.0. The fourth-order valence-corrected chi connectivity index (χ4v) is 4.56. The Morgan fingerprint density at radius 2 is 2.00 bits per heavy atom. The van der Waals surface area contributed by atoms with Gasteiger partial charge >= 0.3 is 5.97 Å². The topological polar surface area (TPSA) is 101 Å². The number of hydrogen-bond acceptors (Lipinski definition) is 5. The monoisotopic (exact) mass is 329 g/mol. The average Bonchev–Trinajstić information content (AvgIpc) is 2.86. The summed E-state index contributed by atoms with van der Waals surface area (Å²) in [5, 5.41) is 13.1. The molecule has 0 saturated carbocycles. The molecular weight excluding hydrogens is 314 g/mol. The van der Waals surface area contributed by atoms with Crippen LogP contribution in [0.5, 0.6) is 0 Å². The summed E-state index contributed by atoms with van der Waals surface area (Å²) in [4.78, 5) is 11.3. The van der Waals surface area contributed by atoms with E-state index in [1.807, 2.05) is 0 Å². The lowest BCUT2D eigenvalue weighted by molar-refractivity contribution is 0.0702. The van der Waals surface area contributed by atoms with Crippen LogP contribution >= 0.6 is 11.3 Å². The van der Waals surface area contributed by atoms with Crippen LogP contribution in [0.2, 0.25) is 0 Å². The first-order valence-electron chi connectivity index (χ1n) is 6.00. The first-order chi connectivity index (χ1) is 9.63. The standard InChI is InChI=1S/C12H15N3O4S2/c1-6-11(7(2)15(4)13-6)14-21(18,19)10-5-9(12(16)17)20-8(10)3/h5,14H,1-4H3,(H,16,17). The van der Waals surface area contributed by atoms with E-state index in [0.717, 1.165) is 11.3 Å². The normalized spacial score (nSPS) is 11.6. The number of carboxylic acids is 1. The molecule has 0 fully saturated rings. The molecule has 0 spiro atoms. The van der Waals surface area contributed by atoms with E-state index in [2.05, 4.69) is 9.82 Å². The van der Waals surface area contributed by atoms with Gasteiger partial charge in [0.2, 0.25) is 0 Å². The number of aromatic carboxylic acids is 1. The van der Waals surface area contributed by atoms with E-state index >= 15 is 0 Å². The van der Waals surface area contributed by atoms with E-state index in [1.165, 1.54) is 6.07 Å². The molecule has 114 valence electrons. The van der Waals surface area contributed by atoms with Gasteiger partial charge in [-0.15, -0.1) is 11.3 Å². The van der Waals surface area contributed by atoms with Crippen molar-refractivity contribution in [1.29, 1.82) is 0 Å². The quantitative estimate of drug-likeness (QED) is 0.892. The van der Waals surface area contributed by atoms with Gasteiger partial charge in [-0.05, 0) is 26.8 Å². The zero-order chi connectivity index (χ0) is 15.9. The molecule has 9 heteroatoms. The van der Waals surface area contributed by atoms with E-state index in [-0.39, 0.29) is 9.77 Å². The maximum absolute atomic E-state index is 12.4. The van der Waals surface area contributed by atoms with Crippen molar-refractivity contribution < 1.29 is 18.3 Å². The largest absolute Gasteiger partial charge is 0.477 e. The van der Waals surface area contributed by atoms with Gasteiger partial charge in [0, 0.05) is 11.9 Å². The summed E-state index contributed by atoms with van der Waals surface area (Å²) in [5.74, 6) is -1.14. The van der Waals surface area contributed by atoms with Crippen molar-refractivity contribution >= 4 is 33.0 Å². The van der Waals surface area contributed by atoms with Crippen molar-refractivity contribution in [2.45, 2.75) is 25.7 Å². The molecule has 2 heterocycles. The Labute approximate surface area is 126 Å². The first kappa shape index (κ1) is 15.5. The Kier molecular flexibility index (Phi) is 3.81. The minimum absolute atomic E-state index is 0.00694. The van der Waals surface area contributed by atoms with E-state index in [4.69, 9.17) is 5.11 Å². The number of nitrogens with one attached hydrogen (secondary N) is 1. The molecular formula is C12H15N3O4S2. The molecule has 0 bridgehead atoms. The van der Waals surface area contributed by atoms with E-state index < -0.39 is 16.0 Å². The Hall–Kier alpha value is -1.87. The molecule has 2 N–H and O–H groups in total. The predicted molar refractivity (Wildman–Crippen MR) is 79.5 cm³/mol. The number of aryl methyl sites for hydroxylation is 3. The van der Waals surface area contributed by atoms with E-state index in [0.29, 0.717) is 22.0 Å². The molecule has 7 nitrogen and oxygen atoms in total. The van der Waals surface area contributed by atoms with Crippen molar-refractivity contribution in [3.05, 3.63) is 27.2 Å². The second kappa shape index (κ2) is 5.15. The lowest BCUT2D eigenvalue weighted by Crippen LogP contribution is -2.14. The molecule has 0 saturated heterocycles. The fourth-order valence-electron chi connectivity index (χ4n) is 1.95. The number of anilines is 1. The van der Waals surface area contributed by atoms with Crippen LogP contribution in [0.4, 0.5) is 5.69 Å². The average molecular weight is 329 g/mol. The minimum Gasteiger partial charge on any atom is -0.477 e. The fraction of sp³-hybridized carbons (Fsp3) is 0.333. The van der Waals surface area contributed by atoms with Gasteiger partial charge in [0.15, 0.2) is 0 Å². The number of thiophene rings is 1. The van der Waals surface area contributed by atoms with Crippen molar-refractivity contribution in [1.82, 2.24) is 9.78 Å². The van der Waals surface area contributed by atoms with Gasteiger partial charge in [-0.25, -0.2) is 13.2 Å². The van der Waals surface area contributed by atoms with Crippen molar-refractivity contribution in [2.24, 2.45) is 7.05 Å². The molecule has 0 aliphatic heterocycles. The van der Waals surface area contributed by atoms with Crippen LogP contribution in [0.15, 0.2) is 11.0 Å². The third kappa shape index (κ3) is 2.79. The van der Waals surface area contributed by atoms with E-state index in [1.54, 1.807) is 32.5 Å². The maximum Gasteiger partial charge on any atom is 0.345 e. The van der Waals surface area contributed by atoms with Crippen LogP contribution in [0.25, 0.3) is 0 Å².